The number of amides is 1. The van der Waals surface area contributed by atoms with Crippen molar-refractivity contribution in [1.29, 1.82) is 0 Å². The SMILES string of the molecule is Cc1ccc(C)c(CC(=O)N2CCN(C/C=C/c3ccccc3)CC2)c1. The lowest BCUT2D eigenvalue weighted by atomic mass is 10.0. The van der Waals surface area contributed by atoms with Crippen molar-refractivity contribution in [2.75, 3.05) is 32.7 Å². The van der Waals surface area contributed by atoms with E-state index in [1.807, 2.05) is 11.0 Å². The Balaban J connectivity index is 1.46. The monoisotopic (exact) mass is 348 g/mol. The molecule has 136 valence electrons. The average molecular weight is 348 g/mol. The number of piperazine rings is 1. The Morgan fingerprint density at radius 3 is 2.46 bits per heavy atom. The summed E-state index contributed by atoms with van der Waals surface area (Å²) in [6.45, 7) is 8.63. The lowest BCUT2D eigenvalue weighted by Crippen LogP contribution is -2.49. The van der Waals surface area contributed by atoms with Crippen molar-refractivity contribution in [3.8, 4) is 0 Å². The van der Waals surface area contributed by atoms with Crippen LogP contribution in [0.4, 0.5) is 0 Å². The van der Waals surface area contributed by atoms with Gasteiger partial charge in [0.25, 0.3) is 0 Å². The van der Waals surface area contributed by atoms with E-state index in [1.165, 1.54) is 16.7 Å². The number of hydrogen-bond donors (Lipinski definition) is 0. The van der Waals surface area contributed by atoms with Gasteiger partial charge in [0, 0.05) is 32.7 Å². The summed E-state index contributed by atoms with van der Waals surface area (Å²) in [4.78, 5) is 17.0. The molecule has 1 aliphatic heterocycles. The standard InChI is InChI=1S/C23H28N2O/c1-19-10-11-20(2)22(17-19)18-23(26)25-15-13-24(14-16-25)12-6-9-21-7-4-3-5-8-21/h3-11,17H,12-16,18H2,1-2H3/b9-6+. The van der Waals surface area contributed by atoms with E-state index in [0.29, 0.717) is 6.42 Å². The van der Waals surface area contributed by atoms with Gasteiger partial charge in [-0.2, -0.15) is 0 Å². The van der Waals surface area contributed by atoms with E-state index in [0.717, 1.165) is 38.3 Å². The third-order valence-corrected chi connectivity index (χ3v) is 5.04. The number of hydrogen-bond acceptors (Lipinski definition) is 2. The molecule has 1 heterocycles. The normalized spacial score (nSPS) is 15.5. The van der Waals surface area contributed by atoms with Gasteiger partial charge in [-0.1, -0.05) is 66.2 Å². The van der Waals surface area contributed by atoms with Gasteiger partial charge in [0.05, 0.1) is 6.42 Å². The van der Waals surface area contributed by atoms with Crippen LogP contribution in [0.15, 0.2) is 54.6 Å². The van der Waals surface area contributed by atoms with Crippen molar-refractivity contribution in [3.63, 3.8) is 0 Å². The molecule has 1 fully saturated rings. The molecule has 2 aromatic carbocycles. The first-order valence-electron chi connectivity index (χ1n) is 9.39. The minimum atomic E-state index is 0.248. The lowest BCUT2D eigenvalue weighted by molar-refractivity contribution is -0.132. The van der Waals surface area contributed by atoms with Crippen LogP contribution in [-0.2, 0) is 11.2 Å². The van der Waals surface area contributed by atoms with Crippen LogP contribution in [0.25, 0.3) is 6.08 Å². The molecular formula is C23H28N2O. The molecule has 0 atom stereocenters. The fourth-order valence-electron chi connectivity index (χ4n) is 3.35. The Morgan fingerprint density at radius 2 is 1.73 bits per heavy atom. The zero-order valence-corrected chi connectivity index (χ0v) is 15.8. The van der Waals surface area contributed by atoms with E-state index in [2.05, 4.69) is 73.4 Å². The topological polar surface area (TPSA) is 23.6 Å². The Labute approximate surface area is 156 Å². The van der Waals surface area contributed by atoms with Gasteiger partial charge in [0.2, 0.25) is 5.91 Å². The summed E-state index contributed by atoms with van der Waals surface area (Å²) in [6, 6.07) is 16.7. The van der Waals surface area contributed by atoms with E-state index in [1.54, 1.807) is 0 Å². The van der Waals surface area contributed by atoms with Crippen molar-refractivity contribution in [3.05, 3.63) is 76.9 Å². The van der Waals surface area contributed by atoms with Crippen LogP contribution < -0.4 is 0 Å². The molecule has 3 heteroatoms. The van der Waals surface area contributed by atoms with E-state index < -0.39 is 0 Å². The van der Waals surface area contributed by atoms with E-state index in [-0.39, 0.29) is 5.91 Å². The molecule has 0 aliphatic carbocycles. The van der Waals surface area contributed by atoms with Crippen LogP contribution in [0, 0.1) is 13.8 Å². The molecule has 3 rings (SSSR count). The smallest absolute Gasteiger partial charge is 0.227 e. The van der Waals surface area contributed by atoms with Crippen LogP contribution in [0.1, 0.15) is 22.3 Å². The zero-order valence-electron chi connectivity index (χ0n) is 15.8. The summed E-state index contributed by atoms with van der Waals surface area (Å²) < 4.78 is 0. The summed E-state index contributed by atoms with van der Waals surface area (Å²) in [7, 11) is 0. The maximum absolute atomic E-state index is 12.6. The molecule has 26 heavy (non-hydrogen) atoms. The van der Waals surface area contributed by atoms with Crippen molar-refractivity contribution in [2.45, 2.75) is 20.3 Å². The molecule has 1 amide bonds. The first-order valence-corrected chi connectivity index (χ1v) is 9.39. The number of aryl methyl sites for hydroxylation is 2. The predicted octanol–water partition coefficient (Wildman–Crippen LogP) is 3.70. The number of benzene rings is 2. The number of nitrogens with zero attached hydrogens (tertiary/aromatic N) is 2. The van der Waals surface area contributed by atoms with Crippen LogP contribution in [-0.4, -0.2) is 48.4 Å². The Hall–Kier alpha value is -2.39. The molecule has 0 aromatic heterocycles. The number of rotatable bonds is 5. The summed E-state index contributed by atoms with van der Waals surface area (Å²) >= 11 is 0. The fourth-order valence-corrected chi connectivity index (χ4v) is 3.35. The van der Waals surface area contributed by atoms with Crippen LogP contribution >= 0.6 is 0 Å². The van der Waals surface area contributed by atoms with Gasteiger partial charge in [-0.25, -0.2) is 0 Å². The summed E-state index contributed by atoms with van der Waals surface area (Å²) in [6.07, 6.45) is 4.89. The molecule has 0 radical (unpaired) electrons. The summed E-state index contributed by atoms with van der Waals surface area (Å²) in [5, 5.41) is 0. The summed E-state index contributed by atoms with van der Waals surface area (Å²) in [5.41, 5.74) is 4.81. The van der Waals surface area contributed by atoms with Crippen LogP contribution in [0.2, 0.25) is 0 Å². The highest BCUT2D eigenvalue weighted by Gasteiger charge is 2.20. The fraction of sp³-hybridized carbons (Fsp3) is 0.348. The molecule has 1 saturated heterocycles. The van der Waals surface area contributed by atoms with E-state index in [9.17, 15) is 4.79 Å². The maximum atomic E-state index is 12.6. The minimum absolute atomic E-state index is 0.248. The van der Waals surface area contributed by atoms with Gasteiger partial charge in [-0.05, 0) is 30.5 Å². The third-order valence-electron chi connectivity index (χ3n) is 5.04. The van der Waals surface area contributed by atoms with Gasteiger partial charge in [-0.15, -0.1) is 0 Å². The Kier molecular flexibility index (Phi) is 6.24. The molecule has 0 spiro atoms. The quantitative estimate of drug-likeness (QED) is 0.822. The van der Waals surface area contributed by atoms with Gasteiger partial charge < -0.3 is 4.90 Å². The van der Waals surface area contributed by atoms with Gasteiger partial charge in [-0.3, -0.25) is 9.69 Å². The highest BCUT2D eigenvalue weighted by atomic mass is 16.2. The second-order valence-corrected chi connectivity index (χ2v) is 7.10. The van der Waals surface area contributed by atoms with Gasteiger partial charge >= 0.3 is 0 Å². The highest BCUT2D eigenvalue weighted by molar-refractivity contribution is 5.79. The summed E-state index contributed by atoms with van der Waals surface area (Å²) in [5.74, 6) is 0.248. The number of carbonyl (C=O) groups excluding carboxylic acids is 1. The van der Waals surface area contributed by atoms with Crippen LogP contribution in [0.5, 0.6) is 0 Å². The average Bonchev–Trinajstić information content (AvgIpc) is 2.66. The molecule has 0 bridgehead atoms. The van der Waals surface area contributed by atoms with Gasteiger partial charge in [0.1, 0.15) is 0 Å². The van der Waals surface area contributed by atoms with E-state index in [4.69, 9.17) is 0 Å². The molecule has 0 unspecified atom stereocenters. The molecule has 0 N–H and O–H groups in total. The second kappa shape index (κ2) is 8.81. The Bertz CT molecular complexity index is 759. The lowest BCUT2D eigenvalue weighted by Gasteiger charge is -2.34. The third kappa shape index (κ3) is 5.06. The van der Waals surface area contributed by atoms with E-state index >= 15 is 0 Å². The van der Waals surface area contributed by atoms with Crippen molar-refractivity contribution in [1.82, 2.24) is 9.80 Å². The zero-order chi connectivity index (χ0) is 18.4. The molecule has 0 saturated carbocycles. The predicted molar refractivity (Wildman–Crippen MR) is 108 cm³/mol. The van der Waals surface area contributed by atoms with Crippen LogP contribution in [0.3, 0.4) is 0 Å². The van der Waals surface area contributed by atoms with Crippen molar-refractivity contribution >= 4 is 12.0 Å². The highest BCUT2D eigenvalue weighted by Crippen LogP contribution is 2.13. The van der Waals surface area contributed by atoms with Gasteiger partial charge in [0.15, 0.2) is 0 Å². The minimum Gasteiger partial charge on any atom is -0.340 e. The maximum Gasteiger partial charge on any atom is 0.227 e. The first kappa shape index (κ1) is 18.4. The Morgan fingerprint density at radius 1 is 1.00 bits per heavy atom. The largest absolute Gasteiger partial charge is 0.340 e. The van der Waals surface area contributed by atoms with Crippen molar-refractivity contribution in [2.24, 2.45) is 0 Å². The van der Waals surface area contributed by atoms with Crippen molar-refractivity contribution < 1.29 is 4.79 Å². The molecule has 2 aromatic rings. The molecule has 3 nitrogen and oxygen atoms in total. The molecule has 1 aliphatic rings. The number of carbonyl (C=O) groups is 1. The molecular weight excluding hydrogens is 320 g/mol. The first-order chi connectivity index (χ1) is 12.6. The second-order valence-electron chi connectivity index (χ2n) is 7.10.